The summed E-state index contributed by atoms with van der Waals surface area (Å²) in [5, 5.41) is 2.94. The van der Waals surface area contributed by atoms with Crippen molar-refractivity contribution in [2.45, 2.75) is 65.4 Å². The molecule has 1 heterocycles. The lowest BCUT2D eigenvalue weighted by Crippen LogP contribution is -2.37. The Kier molecular flexibility index (Phi) is 8.32. The average molecular weight is 437 g/mol. The number of carbonyl (C=O) groups is 2. The van der Waals surface area contributed by atoms with Crippen molar-refractivity contribution in [1.82, 2.24) is 4.90 Å². The first kappa shape index (κ1) is 23.8. The summed E-state index contributed by atoms with van der Waals surface area (Å²) in [5.41, 5.74) is 2.44. The van der Waals surface area contributed by atoms with E-state index in [2.05, 4.69) is 32.2 Å². The molecule has 172 valence electrons. The Morgan fingerprint density at radius 3 is 2.31 bits per heavy atom. The summed E-state index contributed by atoms with van der Waals surface area (Å²) in [4.78, 5) is 27.5. The van der Waals surface area contributed by atoms with Crippen molar-refractivity contribution in [2.75, 3.05) is 18.4 Å². The van der Waals surface area contributed by atoms with Crippen LogP contribution < -0.4 is 10.1 Å². The predicted molar refractivity (Wildman–Crippen MR) is 129 cm³/mol. The number of amides is 2. The number of anilines is 1. The second kappa shape index (κ2) is 11.2. The lowest BCUT2D eigenvalue weighted by atomic mass is 9.98. The monoisotopic (exact) mass is 436 g/mol. The highest BCUT2D eigenvalue weighted by atomic mass is 16.5. The third kappa shape index (κ3) is 5.90. The fourth-order valence-electron chi connectivity index (χ4n) is 4.00. The van der Waals surface area contributed by atoms with Crippen LogP contribution >= 0.6 is 0 Å². The summed E-state index contributed by atoms with van der Waals surface area (Å²) in [6.45, 7) is 10.1. The van der Waals surface area contributed by atoms with E-state index in [1.165, 1.54) is 0 Å². The number of carbonyl (C=O) groups excluding carboxylic acids is 2. The van der Waals surface area contributed by atoms with Gasteiger partial charge in [-0.15, -0.1) is 0 Å². The smallest absolute Gasteiger partial charge is 0.265 e. The second-order valence-electron chi connectivity index (χ2n) is 8.90. The van der Waals surface area contributed by atoms with Gasteiger partial charge in [-0.2, -0.15) is 0 Å². The Morgan fingerprint density at radius 1 is 1.03 bits per heavy atom. The molecule has 0 aromatic heterocycles. The van der Waals surface area contributed by atoms with Crippen LogP contribution in [0, 0.1) is 5.92 Å². The van der Waals surface area contributed by atoms with Crippen LogP contribution in [-0.4, -0.2) is 35.9 Å². The normalized spacial score (nSPS) is 16.3. The Balaban J connectivity index is 1.63. The molecule has 1 N–H and O–H groups in total. The third-order valence-electron chi connectivity index (χ3n) is 6.46. The molecule has 0 radical (unpaired) electrons. The van der Waals surface area contributed by atoms with Gasteiger partial charge in [0.1, 0.15) is 5.75 Å². The molecule has 0 saturated carbocycles. The van der Waals surface area contributed by atoms with Crippen LogP contribution in [0.2, 0.25) is 0 Å². The minimum absolute atomic E-state index is 0.0613. The Morgan fingerprint density at radius 2 is 1.69 bits per heavy atom. The van der Waals surface area contributed by atoms with Gasteiger partial charge < -0.3 is 15.0 Å². The number of nitrogens with one attached hydrogen (secondary N) is 1. The van der Waals surface area contributed by atoms with Crippen molar-refractivity contribution in [3.05, 3.63) is 59.7 Å². The summed E-state index contributed by atoms with van der Waals surface area (Å²) in [7, 11) is 0. The van der Waals surface area contributed by atoms with Crippen LogP contribution in [0.5, 0.6) is 5.75 Å². The van der Waals surface area contributed by atoms with Gasteiger partial charge in [0.05, 0.1) is 0 Å². The van der Waals surface area contributed by atoms with Crippen LogP contribution in [-0.2, 0) is 4.79 Å². The molecule has 1 aliphatic heterocycles. The SMILES string of the molecule is CCC(Oc1ccccc1C(C)CC)C(=O)Nc1ccc(C(=O)N2CCC(C)CC2)cc1. The maximum absolute atomic E-state index is 12.9. The number of ether oxygens (including phenoxy) is 1. The molecular formula is C27H36N2O3. The molecule has 3 rings (SSSR count). The average Bonchev–Trinajstić information content (AvgIpc) is 2.82. The molecule has 0 aliphatic carbocycles. The number of para-hydroxylation sites is 1. The highest BCUT2D eigenvalue weighted by Crippen LogP contribution is 2.29. The molecule has 5 heteroatoms. The molecule has 2 amide bonds. The van der Waals surface area contributed by atoms with Crippen LogP contribution in [0.1, 0.15) is 75.2 Å². The number of rotatable bonds is 8. The largest absolute Gasteiger partial charge is 0.480 e. The summed E-state index contributed by atoms with van der Waals surface area (Å²) in [6.07, 6.45) is 3.09. The van der Waals surface area contributed by atoms with Crippen molar-refractivity contribution in [3.63, 3.8) is 0 Å². The fraction of sp³-hybridized carbons (Fsp3) is 0.481. The summed E-state index contributed by atoms with van der Waals surface area (Å²) < 4.78 is 6.13. The van der Waals surface area contributed by atoms with Gasteiger partial charge in [-0.05, 0) is 73.4 Å². The van der Waals surface area contributed by atoms with Crippen molar-refractivity contribution >= 4 is 17.5 Å². The lowest BCUT2D eigenvalue weighted by Gasteiger charge is -2.30. The van der Waals surface area contributed by atoms with Gasteiger partial charge in [0.25, 0.3) is 11.8 Å². The number of nitrogens with zero attached hydrogens (tertiary/aromatic N) is 1. The Bertz CT molecular complexity index is 901. The maximum Gasteiger partial charge on any atom is 0.265 e. The predicted octanol–water partition coefficient (Wildman–Crippen LogP) is 5.87. The van der Waals surface area contributed by atoms with Crippen LogP contribution in [0.4, 0.5) is 5.69 Å². The zero-order chi connectivity index (χ0) is 23.1. The lowest BCUT2D eigenvalue weighted by molar-refractivity contribution is -0.122. The molecule has 0 spiro atoms. The highest BCUT2D eigenvalue weighted by molar-refractivity contribution is 5.97. The van der Waals surface area contributed by atoms with Gasteiger partial charge in [-0.1, -0.05) is 45.9 Å². The van der Waals surface area contributed by atoms with Crippen molar-refractivity contribution in [2.24, 2.45) is 5.92 Å². The van der Waals surface area contributed by atoms with Crippen molar-refractivity contribution < 1.29 is 14.3 Å². The van der Waals surface area contributed by atoms with Gasteiger partial charge in [0, 0.05) is 24.3 Å². The van der Waals surface area contributed by atoms with Crippen LogP contribution in [0.15, 0.2) is 48.5 Å². The van der Waals surface area contributed by atoms with E-state index in [4.69, 9.17) is 4.74 Å². The standard InChI is InChI=1S/C27H36N2O3/c1-5-20(4)23-9-7-8-10-25(23)32-24(6-2)26(30)28-22-13-11-21(12-14-22)27(31)29-17-15-19(3)16-18-29/h7-14,19-20,24H,5-6,15-18H2,1-4H3,(H,28,30). The van der Waals surface area contributed by atoms with Gasteiger partial charge in [0.2, 0.25) is 0 Å². The Labute approximate surface area is 192 Å². The van der Waals surface area contributed by atoms with Crippen molar-refractivity contribution in [1.29, 1.82) is 0 Å². The molecule has 5 nitrogen and oxygen atoms in total. The minimum atomic E-state index is -0.586. The molecular weight excluding hydrogens is 400 g/mol. The molecule has 2 atom stereocenters. The Hall–Kier alpha value is -2.82. The number of benzene rings is 2. The van der Waals surface area contributed by atoms with E-state index in [0.717, 1.165) is 43.7 Å². The van der Waals surface area contributed by atoms with E-state index in [0.29, 0.717) is 29.5 Å². The zero-order valence-electron chi connectivity index (χ0n) is 19.8. The van der Waals surface area contributed by atoms with E-state index in [-0.39, 0.29) is 11.8 Å². The summed E-state index contributed by atoms with van der Waals surface area (Å²) in [6, 6.07) is 15.1. The maximum atomic E-state index is 12.9. The van der Waals surface area contributed by atoms with Gasteiger partial charge in [-0.25, -0.2) is 0 Å². The van der Waals surface area contributed by atoms with Crippen LogP contribution in [0.25, 0.3) is 0 Å². The van der Waals surface area contributed by atoms with Crippen molar-refractivity contribution in [3.8, 4) is 5.75 Å². The number of hydrogen-bond acceptors (Lipinski definition) is 3. The minimum Gasteiger partial charge on any atom is -0.480 e. The molecule has 2 aromatic carbocycles. The topological polar surface area (TPSA) is 58.6 Å². The van der Waals surface area contributed by atoms with Crippen LogP contribution in [0.3, 0.4) is 0 Å². The summed E-state index contributed by atoms with van der Waals surface area (Å²) >= 11 is 0. The zero-order valence-corrected chi connectivity index (χ0v) is 19.8. The molecule has 0 bridgehead atoms. The van der Waals surface area contributed by atoms with Gasteiger partial charge in [-0.3, -0.25) is 9.59 Å². The molecule has 2 unspecified atom stereocenters. The molecule has 32 heavy (non-hydrogen) atoms. The van der Waals surface area contributed by atoms with Gasteiger partial charge in [0.15, 0.2) is 6.10 Å². The van der Waals surface area contributed by atoms with E-state index in [9.17, 15) is 9.59 Å². The number of likely N-dealkylation sites (tertiary alicyclic amines) is 1. The molecule has 1 fully saturated rings. The molecule has 1 aliphatic rings. The van der Waals surface area contributed by atoms with E-state index < -0.39 is 6.10 Å². The molecule has 1 saturated heterocycles. The third-order valence-corrected chi connectivity index (χ3v) is 6.46. The van der Waals surface area contributed by atoms with Gasteiger partial charge >= 0.3 is 0 Å². The fourth-order valence-corrected chi connectivity index (χ4v) is 4.00. The number of piperidine rings is 1. The van der Waals surface area contributed by atoms with E-state index in [1.54, 1.807) is 24.3 Å². The van der Waals surface area contributed by atoms with E-state index >= 15 is 0 Å². The quantitative estimate of drug-likeness (QED) is 0.563. The molecule has 2 aromatic rings. The first-order valence-electron chi connectivity index (χ1n) is 11.9. The second-order valence-corrected chi connectivity index (χ2v) is 8.90. The first-order chi connectivity index (χ1) is 15.4. The highest BCUT2D eigenvalue weighted by Gasteiger charge is 2.23. The van der Waals surface area contributed by atoms with E-state index in [1.807, 2.05) is 30.0 Å². The first-order valence-corrected chi connectivity index (χ1v) is 11.9. The number of hydrogen-bond donors (Lipinski definition) is 1. The summed E-state index contributed by atoms with van der Waals surface area (Å²) in [5.74, 6) is 1.69.